The number of nitrogens with one attached hydrogen (secondary N) is 2. The van der Waals surface area contributed by atoms with E-state index in [-0.39, 0.29) is 0 Å². The van der Waals surface area contributed by atoms with Crippen molar-refractivity contribution in [1.29, 1.82) is 0 Å². The highest BCUT2D eigenvalue weighted by Crippen LogP contribution is 2.19. The predicted octanol–water partition coefficient (Wildman–Crippen LogP) is 0.0788. The van der Waals surface area contributed by atoms with Gasteiger partial charge in [0.15, 0.2) is 0 Å². The van der Waals surface area contributed by atoms with Gasteiger partial charge >= 0.3 is 12.2 Å². The highest BCUT2D eigenvalue weighted by Gasteiger charge is 2.28. The van der Waals surface area contributed by atoms with Crippen LogP contribution in [0.1, 0.15) is 6.92 Å². The van der Waals surface area contributed by atoms with Crippen LogP contribution in [-0.4, -0.2) is 50.1 Å². The molecule has 0 bridgehead atoms. The van der Waals surface area contributed by atoms with Crippen molar-refractivity contribution in [2.75, 3.05) is 6.54 Å². The van der Waals surface area contributed by atoms with Crippen LogP contribution in [0.3, 0.4) is 0 Å². The van der Waals surface area contributed by atoms with Crippen molar-refractivity contribution in [2.24, 2.45) is 7.05 Å². The molecule has 112 valence electrons. The fraction of sp³-hybridized carbons (Fsp3) is 0.625. The van der Waals surface area contributed by atoms with E-state index in [0.29, 0.717) is 5.16 Å². The average Bonchev–Trinajstić information content (AvgIpc) is 2.71. The third kappa shape index (κ3) is 5.42. The molecule has 2 N–H and O–H groups in total. The summed E-state index contributed by atoms with van der Waals surface area (Å²) < 4.78 is 36.9. The summed E-state index contributed by atoms with van der Waals surface area (Å²) in [5.41, 5.74) is 0. The van der Waals surface area contributed by atoms with E-state index in [1.54, 1.807) is 12.4 Å². The lowest BCUT2D eigenvalue weighted by atomic mass is 10.4. The van der Waals surface area contributed by atoms with Crippen molar-refractivity contribution < 1.29 is 22.8 Å². The zero-order valence-corrected chi connectivity index (χ0v) is 11.2. The number of halogens is 3. The molecule has 1 aromatic heterocycles. The number of alkyl halides is 3. The van der Waals surface area contributed by atoms with Gasteiger partial charge in [-0.3, -0.25) is 10.1 Å². The van der Waals surface area contributed by atoms with Crippen molar-refractivity contribution in [3.8, 4) is 0 Å². The molecule has 8 nitrogen and oxygen atoms in total. The van der Waals surface area contributed by atoms with E-state index in [9.17, 15) is 22.8 Å². The molecule has 1 heterocycles. The Labute approximate surface area is 115 Å². The molecule has 1 atom stereocenters. The molecule has 0 aliphatic carbocycles. The second-order valence-corrected chi connectivity index (χ2v) is 4.94. The van der Waals surface area contributed by atoms with Crippen molar-refractivity contribution >= 4 is 23.7 Å². The Kier molecular flexibility index (Phi) is 5.30. The van der Waals surface area contributed by atoms with Crippen LogP contribution in [0.4, 0.5) is 18.0 Å². The molecule has 0 fully saturated rings. The second-order valence-electron chi connectivity index (χ2n) is 3.63. The van der Waals surface area contributed by atoms with Crippen molar-refractivity contribution in [1.82, 2.24) is 30.8 Å². The summed E-state index contributed by atoms with van der Waals surface area (Å²) in [4.78, 5) is 22.6. The number of carbonyl (C=O) groups excluding carboxylic acids is 2. The van der Waals surface area contributed by atoms with Gasteiger partial charge in [-0.1, -0.05) is 11.8 Å². The highest BCUT2D eigenvalue weighted by molar-refractivity contribution is 8.00. The molecule has 0 spiro atoms. The number of hydrogen-bond donors (Lipinski definition) is 2. The monoisotopic (exact) mass is 312 g/mol. The number of carbonyl (C=O) groups is 2. The number of tetrazole rings is 1. The summed E-state index contributed by atoms with van der Waals surface area (Å²) in [5.74, 6) is -0.752. The fourth-order valence-electron chi connectivity index (χ4n) is 0.971. The largest absolute Gasteiger partial charge is 0.405 e. The first-order chi connectivity index (χ1) is 9.19. The number of imide groups is 1. The van der Waals surface area contributed by atoms with Crippen molar-refractivity contribution in [3.63, 3.8) is 0 Å². The Morgan fingerprint density at radius 1 is 1.45 bits per heavy atom. The molecule has 20 heavy (non-hydrogen) atoms. The molecule has 0 radical (unpaired) electrons. The van der Waals surface area contributed by atoms with Crippen LogP contribution in [0.25, 0.3) is 0 Å². The molecule has 0 aliphatic heterocycles. The standard InChI is InChI=1S/C8H11F3N6O2S/c1-4(20-7-14-15-16-17(7)2)5(18)13-6(19)12-3-8(9,10)11/h4H,3H2,1-2H3,(H2,12,13,18,19)/t4-/m1/s1. The molecule has 1 rings (SSSR count). The minimum atomic E-state index is -4.54. The van der Waals surface area contributed by atoms with Crippen LogP contribution < -0.4 is 10.6 Å². The first-order valence-corrected chi connectivity index (χ1v) is 6.11. The Hall–Kier alpha value is -1.85. The predicted molar refractivity (Wildman–Crippen MR) is 61.7 cm³/mol. The molecule has 12 heteroatoms. The molecule has 1 aromatic rings. The van der Waals surface area contributed by atoms with Crippen molar-refractivity contribution in [3.05, 3.63) is 0 Å². The molecule has 0 saturated heterocycles. The van der Waals surface area contributed by atoms with E-state index < -0.39 is 29.9 Å². The lowest BCUT2D eigenvalue weighted by Gasteiger charge is -2.11. The SMILES string of the molecule is C[C@@H](Sc1nnnn1C)C(=O)NC(=O)NCC(F)(F)F. The Morgan fingerprint density at radius 3 is 2.60 bits per heavy atom. The molecule has 0 aromatic carbocycles. The van der Waals surface area contributed by atoms with Crippen LogP contribution >= 0.6 is 11.8 Å². The summed E-state index contributed by atoms with van der Waals surface area (Å²) in [5, 5.41) is 13.4. The van der Waals surface area contributed by atoms with Gasteiger partial charge in [-0.15, -0.1) is 5.10 Å². The number of hydrogen-bond acceptors (Lipinski definition) is 6. The molecule has 0 saturated carbocycles. The van der Waals surface area contributed by atoms with E-state index in [1.807, 2.05) is 0 Å². The third-order valence-corrected chi connectivity index (χ3v) is 3.04. The van der Waals surface area contributed by atoms with Crippen molar-refractivity contribution in [2.45, 2.75) is 23.5 Å². The van der Waals surface area contributed by atoms with Gasteiger partial charge in [-0.2, -0.15) is 13.2 Å². The number of aryl methyl sites for hydroxylation is 1. The second kappa shape index (κ2) is 6.54. The van der Waals surface area contributed by atoms with E-state index in [1.165, 1.54) is 16.9 Å². The topological polar surface area (TPSA) is 102 Å². The van der Waals surface area contributed by atoms with Gasteiger partial charge in [0.2, 0.25) is 11.1 Å². The lowest BCUT2D eigenvalue weighted by Crippen LogP contribution is -2.45. The van der Waals surface area contributed by atoms with E-state index in [0.717, 1.165) is 11.8 Å². The molecule has 0 unspecified atom stereocenters. The Bertz CT molecular complexity index is 491. The molecular formula is C8H11F3N6O2S. The quantitative estimate of drug-likeness (QED) is 0.763. The summed E-state index contributed by atoms with van der Waals surface area (Å²) in [6.07, 6.45) is -4.54. The fourth-order valence-corrected chi connectivity index (χ4v) is 1.73. The van der Waals surface area contributed by atoms with Crippen LogP contribution in [-0.2, 0) is 11.8 Å². The zero-order valence-electron chi connectivity index (χ0n) is 10.4. The van der Waals surface area contributed by atoms with Crippen LogP contribution in [0, 0.1) is 0 Å². The summed E-state index contributed by atoms with van der Waals surface area (Å²) >= 11 is 0.963. The maximum atomic E-state index is 11.9. The minimum absolute atomic E-state index is 0.336. The number of amides is 3. The highest BCUT2D eigenvalue weighted by atomic mass is 32.2. The minimum Gasteiger partial charge on any atom is -0.329 e. The Balaban J connectivity index is 2.42. The number of thioether (sulfide) groups is 1. The van der Waals surface area contributed by atoms with Gasteiger partial charge < -0.3 is 5.32 Å². The van der Waals surface area contributed by atoms with Gasteiger partial charge in [0.25, 0.3) is 0 Å². The summed E-state index contributed by atoms with van der Waals surface area (Å²) in [6, 6.07) is -1.21. The van der Waals surface area contributed by atoms with E-state index >= 15 is 0 Å². The van der Waals surface area contributed by atoms with Gasteiger partial charge in [0.05, 0.1) is 5.25 Å². The average molecular weight is 312 g/mol. The van der Waals surface area contributed by atoms with Crippen LogP contribution in [0.2, 0.25) is 0 Å². The lowest BCUT2D eigenvalue weighted by molar-refractivity contribution is -0.124. The van der Waals surface area contributed by atoms with E-state index in [4.69, 9.17) is 0 Å². The number of nitrogens with zero attached hydrogens (tertiary/aromatic N) is 4. The number of rotatable bonds is 4. The molecule has 0 aliphatic rings. The van der Waals surface area contributed by atoms with Gasteiger partial charge in [-0.25, -0.2) is 9.48 Å². The molecular weight excluding hydrogens is 301 g/mol. The van der Waals surface area contributed by atoms with Gasteiger partial charge in [0, 0.05) is 7.05 Å². The third-order valence-electron chi connectivity index (χ3n) is 1.92. The van der Waals surface area contributed by atoms with Crippen LogP contribution in [0.15, 0.2) is 5.16 Å². The summed E-state index contributed by atoms with van der Waals surface area (Å²) in [7, 11) is 1.56. The van der Waals surface area contributed by atoms with Gasteiger partial charge in [0.1, 0.15) is 6.54 Å². The first-order valence-electron chi connectivity index (χ1n) is 5.23. The normalized spacial score (nSPS) is 12.8. The Morgan fingerprint density at radius 2 is 2.10 bits per heavy atom. The maximum Gasteiger partial charge on any atom is 0.405 e. The maximum absolute atomic E-state index is 11.9. The van der Waals surface area contributed by atoms with E-state index in [2.05, 4.69) is 15.5 Å². The summed E-state index contributed by atoms with van der Waals surface area (Å²) in [6.45, 7) is -0.0490. The zero-order chi connectivity index (χ0) is 15.3. The van der Waals surface area contributed by atoms with Crippen LogP contribution in [0.5, 0.6) is 0 Å². The first kappa shape index (κ1) is 16.2. The van der Waals surface area contributed by atoms with Gasteiger partial charge in [-0.05, 0) is 17.4 Å². The number of urea groups is 1. The number of aromatic nitrogens is 4. The molecule has 3 amide bonds. The smallest absolute Gasteiger partial charge is 0.329 e.